The van der Waals surface area contributed by atoms with Crippen LogP contribution in [0.3, 0.4) is 0 Å². The highest BCUT2D eigenvalue weighted by atomic mass is 35.5. The van der Waals surface area contributed by atoms with Gasteiger partial charge in [-0.3, -0.25) is 4.79 Å². The second-order valence-electron chi connectivity index (χ2n) is 8.77. The molecular formula is C21H33BClNO3P. The van der Waals surface area contributed by atoms with Crippen LogP contribution in [0.5, 0.6) is 0 Å². The predicted octanol–water partition coefficient (Wildman–Crippen LogP) is 4.00. The second-order valence-corrected chi connectivity index (χ2v) is 10.6. The summed E-state index contributed by atoms with van der Waals surface area (Å²) in [6, 6.07) is 5.48. The number of carbonyl (C=O) groups is 1. The molecule has 155 valence electrons. The number of esters is 1. The largest absolute Gasteiger partial charge is 0.461 e. The Hall–Kier alpha value is -0.605. The lowest BCUT2D eigenvalue weighted by Crippen LogP contribution is -2.45. The Morgan fingerprint density at radius 2 is 1.96 bits per heavy atom. The highest BCUT2D eigenvalue weighted by Crippen LogP contribution is 2.33. The van der Waals surface area contributed by atoms with E-state index >= 15 is 0 Å². The lowest BCUT2D eigenvalue weighted by molar-refractivity contribution is -0.150. The molecule has 7 heteroatoms. The summed E-state index contributed by atoms with van der Waals surface area (Å²) in [6.07, 6.45) is 4.36. The third kappa shape index (κ3) is 6.73. The lowest BCUT2D eigenvalue weighted by Gasteiger charge is -2.39. The number of benzene rings is 1. The molecule has 28 heavy (non-hydrogen) atoms. The van der Waals surface area contributed by atoms with Gasteiger partial charge < -0.3 is 14.7 Å². The van der Waals surface area contributed by atoms with Crippen molar-refractivity contribution in [2.75, 3.05) is 0 Å². The Morgan fingerprint density at radius 1 is 1.32 bits per heavy atom. The quantitative estimate of drug-likeness (QED) is 0.370. The molecule has 0 bridgehead atoms. The topological polar surface area (TPSA) is 47.6 Å². The molecular weight excluding hydrogens is 391 g/mol. The van der Waals surface area contributed by atoms with Gasteiger partial charge in [-0.25, -0.2) is 0 Å². The van der Waals surface area contributed by atoms with Crippen LogP contribution in [0.1, 0.15) is 65.9 Å². The minimum Gasteiger partial charge on any atom is -0.461 e. The fourth-order valence-electron chi connectivity index (χ4n) is 2.77. The molecule has 0 aliphatic heterocycles. The molecule has 0 spiro atoms. The van der Waals surface area contributed by atoms with Crippen molar-refractivity contribution >= 4 is 39.8 Å². The van der Waals surface area contributed by atoms with Gasteiger partial charge in [0.15, 0.2) is 0 Å². The predicted molar refractivity (Wildman–Crippen MR) is 120 cm³/mol. The van der Waals surface area contributed by atoms with Crippen LogP contribution < -0.4 is 10.8 Å². The van der Waals surface area contributed by atoms with Crippen LogP contribution in [-0.2, 0) is 20.7 Å². The number of hydrogen-bond donors (Lipinski definition) is 1. The molecule has 0 heterocycles. The normalized spacial score (nSPS) is 16.8. The van der Waals surface area contributed by atoms with E-state index in [0.29, 0.717) is 11.6 Å². The van der Waals surface area contributed by atoms with E-state index in [1.54, 1.807) is 7.48 Å². The van der Waals surface area contributed by atoms with E-state index in [-0.39, 0.29) is 28.9 Å². The standard InChI is InChI=1S/C21H33BClNO3P/c1-14(19(25)26-16-8-6-7-9-16)24-13-15-10-11-17(18(23)12-15)22-27-20(2,3)21(4,5)28/h10-12,14,16,24H,6-9,13,28H2,1-5H3/t14-/m0/s1. The summed E-state index contributed by atoms with van der Waals surface area (Å²) < 4.78 is 11.5. The molecule has 4 nitrogen and oxygen atoms in total. The number of rotatable bonds is 9. The number of carbonyl (C=O) groups excluding carboxylic acids is 1. The summed E-state index contributed by atoms with van der Waals surface area (Å²) in [5.41, 5.74) is 1.49. The molecule has 1 aromatic carbocycles. The molecule has 1 saturated carbocycles. The van der Waals surface area contributed by atoms with Gasteiger partial charge in [0.2, 0.25) is 0 Å². The van der Waals surface area contributed by atoms with Crippen LogP contribution in [-0.4, -0.2) is 36.4 Å². The monoisotopic (exact) mass is 424 g/mol. The zero-order chi connectivity index (χ0) is 20.9. The number of ether oxygens (including phenoxy) is 1. The first-order valence-corrected chi connectivity index (χ1v) is 11.0. The number of nitrogens with one attached hydrogen (secondary N) is 1. The van der Waals surface area contributed by atoms with E-state index in [4.69, 9.17) is 21.0 Å². The molecule has 1 unspecified atom stereocenters. The van der Waals surface area contributed by atoms with Crippen LogP contribution >= 0.6 is 20.8 Å². The Labute approximate surface area is 177 Å². The van der Waals surface area contributed by atoms with Crippen molar-refractivity contribution in [1.29, 1.82) is 0 Å². The molecule has 0 aromatic heterocycles. The van der Waals surface area contributed by atoms with Crippen molar-refractivity contribution in [2.45, 2.75) is 89.7 Å². The Morgan fingerprint density at radius 3 is 2.54 bits per heavy atom. The van der Waals surface area contributed by atoms with Gasteiger partial charge in [0.25, 0.3) is 0 Å². The molecule has 2 rings (SSSR count). The van der Waals surface area contributed by atoms with Crippen LogP contribution in [0.2, 0.25) is 5.02 Å². The maximum absolute atomic E-state index is 12.2. The maximum Gasteiger partial charge on any atom is 0.332 e. The van der Waals surface area contributed by atoms with E-state index in [2.05, 4.69) is 42.3 Å². The van der Waals surface area contributed by atoms with Crippen LogP contribution in [0, 0.1) is 0 Å². The molecule has 1 N–H and O–H groups in total. The van der Waals surface area contributed by atoms with E-state index in [1.165, 1.54) is 0 Å². The first-order chi connectivity index (χ1) is 13.0. The van der Waals surface area contributed by atoms with E-state index in [0.717, 1.165) is 36.7 Å². The van der Waals surface area contributed by atoms with Crippen LogP contribution in [0.25, 0.3) is 0 Å². The molecule has 1 aliphatic carbocycles. The summed E-state index contributed by atoms with van der Waals surface area (Å²) in [7, 11) is 4.53. The average molecular weight is 425 g/mol. The van der Waals surface area contributed by atoms with Crippen LogP contribution in [0.15, 0.2) is 18.2 Å². The minimum atomic E-state index is -0.351. The van der Waals surface area contributed by atoms with Crippen molar-refractivity contribution in [2.24, 2.45) is 0 Å². The van der Waals surface area contributed by atoms with Gasteiger partial charge in [0.1, 0.15) is 12.1 Å². The van der Waals surface area contributed by atoms with Gasteiger partial charge in [-0.05, 0) is 63.5 Å². The van der Waals surface area contributed by atoms with Crippen molar-refractivity contribution in [3.05, 3.63) is 28.8 Å². The summed E-state index contributed by atoms with van der Waals surface area (Å²) in [4.78, 5) is 12.2. The van der Waals surface area contributed by atoms with Crippen molar-refractivity contribution < 1.29 is 14.2 Å². The SMILES string of the molecule is C[C@H](NCc1ccc([B]OC(C)(C)C(C)(C)P)c(Cl)c1)C(=O)OC1CCCC1. The molecule has 1 aliphatic rings. The fourth-order valence-corrected chi connectivity index (χ4v) is 3.08. The van der Waals surface area contributed by atoms with Gasteiger partial charge in [-0.2, -0.15) is 0 Å². The molecule has 2 atom stereocenters. The molecule has 0 amide bonds. The van der Waals surface area contributed by atoms with Crippen LogP contribution in [0.4, 0.5) is 0 Å². The molecule has 0 saturated heterocycles. The number of hydrogen-bond acceptors (Lipinski definition) is 4. The summed E-state index contributed by atoms with van der Waals surface area (Å²) in [5, 5.41) is 3.76. The summed E-state index contributed by atoms with van der Waals surface area (Å²) in [6.45, 7) is 10.7. The summed E-state index contributed by atoms with van der Waals surface area (Å²) in [5.74, 6) is -0.182. The molecule has 1 aromatic rings. The highest BCUT2D eigenvalue weighted by Gasteiger charge is 2.33. The number of halogens is 1. The molecule has 1 radical (unpaired) electrons. The van der Waals surface area contributed by atoms with Gasteiger partial charge in [0, 0.05) is 16.7 Å². The molecule has 1 fully saturated rings. The average Bonchev–Trinajstić information content (AvgIpc) is 3.10. The van der Waals surface area contributed by atoms with E-state index in [1.807, 2.05) is 25.1 Å². The van der Waals surface area contributed by atoms with Crippen molar-refractivity contribution in [1.82, 2.24) is 5.32 Å². The smallest absolute Gasteiger partial charge is 0.332 e. The first kappa shape index (κ1) is 23.7. The second kappa shape index (κ2) is 9.93. The zero-order valence-electron chi connectivity index (χ0n) is 17.7. The highest BCUT2D eigenvalue weighted by molar-refractivity contribution is 7.19. The lowest BCUT2D eigenvalue weighted by atomic mass is 9.83. The van der Waals surface area contributed by atoms with E-state index in [9.17, 15) is 4.79 Å². The Bertz CT molecular complexity index is 672. The Balaban J connectivity index is 1.85. The van der Waals surface area contributed by atoms with Gasteiger partial charge in [-0.15, -0.1) is 9.24 Å². The fraction of sp³-hybridized carbons (Fsp3) is 0.667. The third-order valence-electron chi connectivity index (χ3n) is 5.65. The Kier molecular flexibility index (Phi) is 8.40. The zero-order valence-corrected chi connectivity index (χ0v) is 19.6. The maximum atomic E-state index is 12.2. The summed E-state index contributed by atoms with van der Waals surface area (Å²) >= 11 is 6.43. The van der Waals surface area contributed by atoms with Gasteiger partial charge in [-0.1, -0.05) is 37.6 Å². The first-order valence-electron chi connectivity index (χ1n) is 10.0. The van der Waals surface area contributed by atoms with Gasteiger partial charge in [0.05, 0.1) is 5.60 Å². The van der Waals surface area contributed by atoms with Gasteiger partial charge >= 0.3 is 13.5 Å². The van der Waals surface area contributed by atoms with Crippen molar-refractivity contribution in [3.8, 4) is 0 Å². The van der Waals surface area contributed by atoms with Crippen molar-refractivity contribution in [3.63, 3.8) is 0 Å². The minimum absolute atomic E-state index is 0.0803. The van der Waals surface area contributed by atoms with E-state index < -0.39 is 0 Å². The third-order valence-corrected chi connectivity index (χ3v) is 6.67.